The molecule has 134 valence electrons. The number of rotatable bonds is 5. The SMILES string of the molecule is COc1cccc(-c2noc(COC(=O)c3cc(F)c(Cl)cc3Cl)n2)c1. The van der Waals surface area contributed by atoms with Crippen molar-refractivity contribution in [1.82, 2.24) is 10.1 Å². The highest BCUT2D eigenvalue weighted by atomic mass is 35.5. The smallest absolute Gasteiger partial charge is 0.340 e. The first-order chi connectivity index (χ1) is 12.5. The lowest BCUT2D eigenvalue weighted by atomic mass is 10.2. The number of halogens is 3. The quantitative estimate of drug-likeness (QED) is 0.465. The zero-order chi connectivity index (χ0) is 18.7. The Balaban J connectivity index is 1.70. The van der Waals surface area contributed by atoms with Crippen LogP contribution in [0.5, 0.6) is 5.75 Å². The van der Waals surface area contributed by atoms with Crippen molar-refractivity contribution in [3.63, 3.8) is 0 Å². The van der Waals surface area contributed by atoms with Gasteiger partial charge in [-0.25, -0.2) is 9.18 Å². The predicted octanol–water partition coefficient (Wildman–Crippen LogP) is 4.55. The number of ether oxygens (including phenoxy) is 2. The monoisotopic (exact) mass is 396 g/mol. The number of carbonyl (C=O) groups excluding carboxylic acids is 1. The number of hydrogen-bond acceptors (Lipinski definition) is 6. The van der Waals surface area contributed by atoms with Crippen LogP contribution in [-0.4, -0.2) is 23.2 Å². The molecule has 0 bridgehead atoms. The van der Waals surface area contributed by atoms with E-state index in [9.17, 15) is 9.18 Å². The summed E-state index contributed by atoms with van der Waals surface area (Å²) in [6.07, 6.45) is 0. The van der Waals surface area contributed by atoms with Crippen molar-refractivity contribution in [3.8, 4) is 17.1 Å². The Morgan fingerprint density at radius 1 is 1.23 bits per heavy atom. The maximum absolute atomic E-state index is 13.5. The summed E-state index contributed by atoms with van der Waals surface area (Å²) in [7, 11) is 1.55. The minimum Gasteiger partial charge on any atom is -0.497 e. The largest absolute Gasteiger partial charge is 0.497 e. The van der Waals surface area contributed by atoms with E-state index in [1.54, 1.807) is 31.4 Å². The molecule has 1 aromatic heterocycles. The number of nitrogens with zero attached hydrogens (tertiary/aromatic N) is 2. The van der Waals surface area contributed by atoms with Gasteiger partial charge in [0.2, 0.25) is 5.82 Å². The molecule has 0 N–H and O–H groups in total. The van der Waals surface area contributed by atoms with E-state index in [0.717, 1.165) is 12.1 Å². The summed E-state index contributed by atoms with van der Waals surface area (Å²) >= 11 is 11.5. The van der Waals surface area contributed by atoms with E-state index in [2.05, 4.69) is 10.1 Å². The summed E-state index contributed by atoms with van der Waals surface area (Å²) in [5.74, 6) is -0.597. The lowest BCUT2D eigenvalue weighted by Crippen LogP contribution is -2.07. The van der Waals surface area contributed by atoms with Crippen molar-refractivity contribution >= 4 is 29.2 Å². The van der Waals surface area contributed by atoms with Gasteiger partial charge in [0, 0.05) is 5.56 Å². The molecule has 3 aromatic rings. The predicted molar refractivity (Wildman–Crippen MR) is 91.8 cm³/mol. The highest BCUT2D eigenvalue weighted by Crippen LogP contribution is 2.25. The van der Waals surface area contributed by atoms with Crippen LogP contribution < -0.4 is 4.74 Å². The molecule has 0 fully saturated rings. The van der Waals surface area contributed by atoms with Crippen LogP contribution in [0.4, 0.5) is 4.39 Å². The molecule has 1 heterocycles. The standard InChI is InChI=1S/C17H11Cl2FN2O4/c1-24-10-4-2-3-9(5-10)16-21-15(26-22-16)8-25-17(23)11-6-14(20)13(19)7-12(11)18/h2-7H,8H2,1H3. The van der Waals surface area contributed by atoms with Gasteiger partial charge in [0.1, 0.15) is 11.6 Å². The summed E-state index contributed by atoms with van der Waals surface area (Å²) < 4.78 is 28.7. The molecular formula is C17H11Cl2FN2O4. The van der Waals surface area contributed by atoms with Crippen LogP contribution >= 0.6 is 23.2 Å². The lowest BCUT2D eigenvalue weighted by molar-refractivity contribution is 0.0429. The van der Waals surface area contributed by atoms with Gasteiger partial charge < -0.3 is 14.0 Å². The fourth-order valence-corrected chi connectivity index (χ4v) is 2.54. The zero-order valence-corrected chi connectivity index (χ0v) is 14.8. The van der Waals surface area contributed by atoms with Crippen molar-refractivity contribution in [3.05, 3.63) is 63.7 Å². The first kappa shape index (κ1) is 18.2. The van der Waals surface area contributed by atoms with E-state index in [0.29, 0.717) is 17.1 Å². The van der Waals surface area contributed by atoms with Crippen molar-refractivity contribution in [2.75, 3.05) is 7.11 Å². The number of aromatic nitrogens is 2. The number of benzene rings is 2. The van der Waals surface area contributed by atoms with E-state index in [-0.39, 0.29) is 28.1 Å². The van der Waals surface area contributed by atoms with Crippen LogP contribution in [0.15, 0.2) is 40.9 Å². The molecule has 0 unspecified atom stereocenters. The normalized spacial score (nSPS) is 10.6. The van der Waals surface area contributed by atoms with Crippen LogP contribution in [0.3, 0.4) is 0 Å². The topological polar surface area (TPSA) is 74.5 Å². The molecular weight excluding hydrogens is 386 g/mol. The summed E-state index contributed by atoms with van der Waals surface area (Å²) in [4.78, 5) is 16.2. The van der Waals surface area contributed by atoms with E-state index in [1.807, 2.05) is 0 Å². The Labute approximate surface area is 157 Å². The number of esters is 1. The van der Waals surface area contributed by atoms with Crippen LogP contribution in [-0.2, 0) is 11.3 Å². The summed E-state index contributed by atoms with van der Waals surface area (Å²) in [6, 6.07) is 9.10. The van der Waals surface area contributed by atoms with Gasteiger partial charge in [-0.1, -0.05) is 40.5 Å². The number of methoxy groups -OCH3 is 1. The lowest BCUT2D eigenvalue weighted by Gasteiger charge is -2.05. The van der Waals surface area contributed by atoms with Gasteiger partial charge in [-0.05, 0) is 24.3 Å². The van der Waals surface area contributed by atoms with Crippen molar-refractivity contribution in [1.29, 1.82) is 0 Å². The Bertz CT molecular complexity index is 962. The Kier molecular flexibility index (Phi) is 5.39. The Hall–Kier alpha value is -2.64. The Morgan fingerprint density at radius 2 is 2.04 bits per heavy atom. The number of carbonyl (C=O) groups is 1. The fraction of sp³-hybridized carbons (Fsp3) is 0.118. The molecule has 0 spiro atoms. The third-order valence-corrected chi connectivity index (χ3v) is 3.95. The summed E-state index contributed by atoms with van der Waals surface area (Å²) in [6.45, 7) is -0.295. The molecule has 0 saturated heterocycles. The van der Waals surface area contributed by atoms with Crippen LogP contribution in [0.25, 0.3) is 11.4 Å². The molecule has 0 amide bonds. The zero-order valence-electron chi connectivity index (χ0n) is 13.3. The second-order valence-electron chi connectivity index (χ2n) is 5.07. The summed E-state index contributed by atoms with van der Waals surface area (Å²) in [5, 5.41) is 3.61. The van der Waals surface area contributed by atoms with E-state index in [1.165, 1.54) is 0 Å². The molecule has 6 nitrogen and oxygen atoms in total. The number of hydrogen-bond donors (Lipinski definition) is 0. The van der Waals surface area contributed by atoms with E-state index >= 15 is 0 Å². The van der Waals surface area contributed by atoms with Gasteiger partial charge in [-0.2, -0.15) is 4.98 Å². The minimum absolute atomic E-state index is 0.0241. The van der Waals surface area contributed by atoms with Crippen LogP contribution in [0, 0.1) is 5.82 Å². The van der Waals surface area contributed by atoms with Gasteiger partial charge >= 0.3 is 5.97 Å². The second-order valence-corrected chi connectivity index (χ2v) is 5.88. The molecule has 3 rings (SSSR count). The van der Waals surface area contributed by atoms with Gasteiger partial charge in [0.15, 0.2) is 6.61 Å². The highest BCUT2D eigenvalue weighted by Gasteiger charge is 2.17. The first-order valence-corrected chi connectivity index (χ1v) is 8.02. The average molecular weight is 397 g/mol. The van der Waals surface area contributed by atoms with E-state index in [4.69, 9.17) is 37.2 Å². The second kappa shape index (κ2) is 7.72. The Morgan fingerprint density at radius 3 is 2.81 bits per heavy atom. The van der Waals surface area contributed by atoms with Gasteiger partial charge in [0.25, 0.3) is 5.89 Å². The van der Waals surface area contributed by atoms with Gasteiger partial charge in [-0.15, -0.1) is 0 Å². The molecule has 0 radical (unpaired) electrons. The van der Waals surface area contributed by atoms with Gasteiger partial charge in [0.05, 0.1) is 22.7 Å². The highest BCUT2D eigenvalue weighted by molar-refractivity contribution is 6.36. The van der Waals surface area contributed by atoms with Crippen molar-refractivity contribution in [2.45, 2.75) is 6.61 Å². The van der Waals surface area contributed by atoms with Crippen LogP contribution in [0.2, 0.25) is 10.0 Å². The molecule has 26 heavy (non-hydrogen) atoms. The van der Waals surface area contributed by atoms with Gasteiger partial charge in [-0.3, -0.25) is 0 Å². The molecule has 0 aliphatic heterocycles. The van der Waals surface area contributed by atoms with Crippen molar-refractivity contribution < 1.29 is 23.2 Å². The minimum atomic E-state index is -0.841. The summed E-state index contributed by atoms with van der Waals surface area (Å²) in [5.41, 5.74) is 0.523. The van der Waals surface area contributed by atoms with Crippen molar-refractivity contribution in [2.24, 2.45) is 0 Å². The van der Waals surface area contributed by atoms with Crippen LogP contribution in [0.1, 0.15) is 16.2 Å². The first-order valence-electron chi connectivity index (χ1n) is 7.26. The fourth-order valence-electron chi connectivity index (χ4n) is 2.08. The molecule has 2 aromatic carbocycles. The third kappa shape index (κ3) is 3.95. The average Bonchev–Trinajstić information content (AvgIpc) is 3.12. The molecule has 9 heteroatoms. The molecule has 0 aliphatic rings. The van der Waals surface area contributed by atoms with E-state index < -0.39 is 11.8 Å². The molecule has 0 atom stereocenters. The maximum Gasteiger partial charge on any atom is 0.340 e. The maximum atomic E-state index is 13.5. The molecule has 0 saturated carbocycles. The third-order valence-electron chi connectivity index (χ3n) is 3.35. The molecule has 0 aliphatic carbocycles.